The van der Waals surface area contributed by atoms with Crippen molar-refractivity contribution in [2.75, 3.05) is 11.6 Å². The molecule has 0 unspecified atom stereocenters. The van der Waals surface area contributed by atoms with Crippen molar-refractivity contribution in [3.8, 4) is 5.75 Å². The van der Waals surface area contributed by atoms with E-state index in [4.69, 9.17) is 4.74 Å². The van der Waals surface area contributed by atoms with Crippen LogP contribution in [-0.4, -0.2) is 18.3 Å². The van der Waals surface area contributed by atoms with Crippen LogP contribution in [-0.2, 0) is 17.6 Å². The van der Waals surface area contributed by atoms with E-state index in [1.807, 2.05) is 42.7 Å². The summed E-state index contributed by atoms with van der Waals surface area (Å²) in [4.78, 5) is 13.6. The van der Waals surface area contributed by atoms with Gasteiger partial charge in [0.15, 0.2) is 6.10 Å². The summed E-state index contributed by atoms with van der Waals surface area (Å²) in [6.07, 6.45) is 6.06. The fourth-order valence-electron chi connectivity index (χ4n) is 3.05. The van der Waals surface area contributed by atoms with E-state index in [0.29, 0.717) is 0 Å². The van der Waals surface area contributed by atoms with Crippen LogP contribution >= 0.6 is 11.8 Å². The normalized spacial score (nSPS) is 14.6. The second-order valence-corrected chi connectivity index (χ2v) is 6.96. The molecule has 0 aromatic heterocycles. The molecule has 3 rings (SSSR count). The summed E-state index contributed by atoms with van der Waals surface area (Å²) in [6.45, 7) is 1.80. The molecule has 0 bridgehead atoms. The van der Waals surface area contributed by atoms with Crippen molar-refractivity contribution in [2.45, 2.75) is 43.6 Å². The second kappa shape index (κ2) is 7.75. The topological polar surface area (TPSA) is 38.3 Å². The number of aryl methyl sites for hydroxylation is 1. The van der Waals surface area contributed by atoms with Crippen LogP contribution < -0.4 is 10.1 Å². The number of amides is 1. The predicted octanol–water partition coefficient (Wildman–Crippen LogP) is 4.69. The average molecular weight is 341 g/mol. The maximum atomic E-state index is 12.4. The second-order valence-electron chi connectivity index (χ2n) is 6.08. The van der Waals surface area contributed by atoms with Gasteiger partial charge < -0.3 is 10.1 Å². The third-order valence-electron chi connectivity index (χ3n) is 4.36. The van der Waals surface area contributed by atoms with Crippen LogP contribution in [0.5, 0.6) is 5.75 Å². The van der Waals surface area contributed by atoms with Crippen molar-refractivity contribution in [3.05, 3.63) is 53.6 Å². The molecule has 0 aliphatic heterocycles. The minimum atomic E-state index is -0.531. The van der Waals surface area contributed by atoms with Crippen molar-refractivity contribution >= 4 is 23.4 Å². The van der Waals surface area contributed by atoms with Gasteiger partial charge in [0.25, 0.3) is 5.91 Å². The number of carbonyl (C=O) groups excluding carboxylic acids is 1. The number of fused-ring (bicyclic) bond motifs is 1. The molecule has 0 saturated carbocycles. The molecule has 2 aromatic carbocycles. The Morgan fingerprint density at radius 3 is 2.79 bits per heavy atom. The van der Waals surface area contributed by atoms with Crippen molar-refractivity contribution < 1.29 is 9.53 Å². The van der Waals surface area contributed by atoms with E-state index in [1.54, 1.807) is 18.7 Å². The van der Waals surface area contributed by atoms with Gasteiger partial charge in [0, 0.05) is 10.6 Å². The van der Waals surface area contributed by atoms with E-state index in [-0.39, 0.29) is 5.91 Å². The van der Waals surface area contributed by atoms with Crippen LogP contribution in [0, 0.1) is 0 Å². The summed E-state index contributed by atoms with van der Waals surface area (Å²) in [7, 11) is 0. The van der Waals surface area contributed by atoms with Gasteiger partial charge in [-0.25, -0.2) is 0 Å². The van der Waals surface area contributed by atoms with Gasteiger partial charge in [0.1, 0.15) is 5.75 Å². The number of rotatable bonds is 5. The first kappa shape index (κ1) is 16.9. The zero-order valence-corrected chi connectivity index (χ0v) is 15.0. The molecule has 1 atom stereocenters. The molecule has 24 heavy (non-hydrogen) atoms. The summed E-state index contributed by atoms with van der Waals surface area (Å²) in [5.41, 5.74) is 3.43. The number of thioether (sulfide) groups is 1. The van der Waals surface area contributed by atoms with Crippen LogP contribution in [0.3, 0.4) is 0 Å². The van der Waals surface area contributed by atoms with E-state index < -0.39 is 6.10 Å². The zero-order chi connectivity index (χ0) is 16.9. The van der Waals surface area contributed by atoms with E-state index in [2.05, 4.69) is 11.4 Å². The van der Waals surface area contributed by atoms with Crippen LogP contribution in [0.1, 0.15) is 30.9 Å². The average Bonchev–Trinajstić information content (AvgIpc) is 2.62. The summed E-state index contributed by atoms with van der Waals surface area (Å²) in [5.74, 6) is 0.731. The van der Waals surface area contributed by atoms with Crippen molar-refractivity contribution in [2.24, 2.45) is 0 Å². The lowest BCUT2D eigenvalue weighted by atomic mass is 9.91. The van der Waals surface area contributed by atoms with Gasteiger partial charge in [0.2, 0.25) is 0 Å². The largest absolute Gasteiger partial charge is 0.481 e. The van der Waals surface area contributed by atoms with Gasteiger partial charge in [-0.1, -0.05) is 18.2 Å². The molecule has 0 fully saturated rings. The lowest BCUT2D eigenvalue weighted by Gasteiger charge is -2.22. The highest BCUT2D eigenvalue weighted by atomic mass is 32.2. The smallest absolute Gasteiger partial charge is 0.265 e. The molecule has 1 aliphatic rings. The molecule has 0 radical (unpaired) electrons. The number of ether oxygens (including phenoxy) is 1. The molecular weight excluding hydrogens is 318 g/mol. The Morgan fingerprint density at radius 1 is 1.17 bits per heavy atom. The van der Waals surface area contributed by atoms with Gasteiger partial charge in [0.05, 0.1) is 0 Å². The molecule has 0 heterocycles. The Bertz CT molecular complexity index is 729. The quantitative estimate of drug-likeness (QED) is 0.802. The summed E-state index contributed by atoms with van der Waals surface area (Å²) in [5, 5.41) is 2.94. The highest BCUT2D eigenvalue weighted by Gasteiger charge is 2.19. The third kappa shape index (κ3) is 3.93. The number of anilines is 1. The number of hydrogen-bond donors (Lipinski definition) is 1. The Hall–Kier alpha value is -1.94. The molecule has 4 heteroatoms. The Labute approximate surface area is 147 Å². The minimum absolute atomic E-state index is 0.123. The highest BCUT2D eigenvalue weighted by molar-refractivity contribution is 7.98. The molecule has 0 saturated heterocycles. The van der Waals surface area contributed by atoms with Crippen molar-refractivity contribution in [3.63, 3.8) is 0 Å². The van der Waals surface area contributed by atoms with E-state index in [1.165, 1.54) is 24.0 Å². The van der Waals surface area contributed by atoms with Crippen molar-refractivity contribution in [1.29, 1.82) is 0 Å². The fraction of sp³-hybridized carbons (Fsp3) is 0.350. The molecule has 1 aliphatic carbocycles. The van der Waals surface area contributed by atoms with Gasteiger partial charge in [-0.3, -0.25) is 4.79 Å². The highest BCUT2D eigenvalue weighted by Crippen LogP contribution is 2.30. The summed E-state index contributed by atoms with van der Waals surface area (Å²) < 4.78 is 5.99. The first-order valence-corrected chi connectivity index (χ1v) is 9.62. The predicted molar refractivity (Wildman–Crippen MR) is 100 cm³/mol. The Morgan fingerprint density at radius 2 is 1.96 bits per heavy atom. The maximum Gasteiger partial charge on any atom is 0.265 e. The molecule has 0 spiro atoms. The zero-order valence-electron chi connectivity index (χ0n) is 14.2. The van der Waals surface area contributed by atoms with Crippen LogP contribution in [0.15, 0.2) is 47.4 Å². The molecule has 1 N–H and O–H groups in total. The number of hydrogen-bond acceptors (Lipinski definition) is 3. The summed E-state index contributed by atoms with van der Waals surface area (Å²) in [6, 6.07) is 14.0. The Kier molecular flexibility index (Phi) is 5.46. The first-order valence-electron chi connectivity index (χ1n) is 8.39. The molecule has 126 valence electrons. The third-order valence-corrected chi connectivity index (χ3v) is 5.09. The first-order chi connectivity index (χ1) is 11.7. The minimum Gasteiger partial charge on any atom is -0.481 e. The van der Waals surface area contributed by atoms with Crippen molar-refractivity contribution in [1.82, 2.24) is 0 Å². The lowest BCUT2D eigenvalue weighted by molar-refractivity contribution is -0.122. The maximum absolute atomic E-state index is 12.4. The van der Waals surface area contributed by atoms with E-state index in [0.717, 1.165) is 29.2 Å². The summed E-state index contributed by atoms with van der Waals surface area (Å²) >= 11 is 1.65. The Balaban J connectivity index is 1.68. The van der Waals surface area contributed by atoms with Crippen LogP contribution in [0.25, 0.3) is 0 Å². The monoisotopic (exact) mass is 341 g/mol. The van der Waals surface area contributed by atoms with E-state index >= 15 is 0 Å². The molecule has 1 amide bonds. The number of carbonyl (C=O) groups is 1. The SMILES string of the molecule is CSc1cccc(NC(=O)[C@H](C)Oc2cccc3c2CCCC3)c1. The van der Waals surface area contributed by atoms with E-state index in [9.17, 15) is 4.79 Å². The number of benzene rings is 2. The van der Waals surface area contributed by atoms with Crippen LogP contribution in [0.4, 0.5) is 5.69 Å². The van der Waals surface area contributed by atoms with Gasteiger partial charge in [-0.2, -0.15) is 0 Å². The standard InChI is InChI=1S/C20H23NO2S/c1-14(20(22)21-16-9-6-10-17(13-16)24-2)23-19-12-5-8-15-7-3-4-11-18(15)19/h5-6,8-10,12-14H,3-4,7,11H2,1-2H3,(H,21,22)/t14-/m0/s1. The van der Waals surface area contributed by atoms with Gasteiger partial charge in [-0.15, -0.1) is 11.8 Å². The van der Waals surface area contributed by atoms with Gasteiger partial charge >= 0.3 is 0 Å². The fourth-order valence-corrected chi connectivity index (χ4v) is 3.50. The molecule has 3 nitrogen and oxygen atoms in total. The van der Waals surface area contributed by atoms with Gasteiger partial charge in [-0.05, 0) is 74.3 Å². The lowest BCUT2D eigenvalue weighted by Crippen LogP contribution is -2.30. The van der Waals surface area contributed by atoms with Crippen LogP contribution in [0.2, 0.25) is 0 Å². The molecule has 2 aromatic rings. The number of nitrogens with one attached hydrogen (secondary N) is 1. The molecular formula is C20H23NO2S.